The first-order valence-electron chi connectivity index (χ1n) is 9.28. The van der Waals surface area contributed by atoms with E-state index in [1.54, 1.807) is 12.4 Å². The van der Waals surface area contributed by atoms with Crippen LogP contribution in [-0.4, -0.2) is 16.5 Å². The van der Waals surface area contributed by atoms with Gasteiger partial charge in [-0.05, 0) is 67.3 Å². The molecule has 27 heavy (non-hydrogen) atoms. The molecule has 0 atom stereocenters. The fraction of sp³-hybridized carbons (Fsp3) is 0.174. The van der Waals surface area contributed by atoms with E-state index in [4.69, 9.17) is 0 Å². The molecule has 0 aliphatic rings. The van der Waals surface area contributed by atoms with Gasteiger partial charge in [0.2, 0.25) is 0 Å². The van der Waals surface area contributed by atoms with E-state index in [-0.39, 0.29) is 0 Å². The van der Waals surface area contributed by atoms with Crippen molar-refractivity contribution in [1.29, 1.82) is 0 Å². The molecule has 0 amide bonds. The largest absolute Gasteiger partial charge is 0.384 e. The molecule has 0 radical (unpaired) electrons. The van der Waals surface area contributed by atoms with Crippen molar-refractivity contribution in [1.82, 2.24) is 9.97 Å². The number of pyridine rings is 1. The van der Waals surface area contributed by atoms with Crippen molar-refractivity contribution in [3.05, 3.63) is 83.8 Å². The summed E-state index contributed by atoms with van der Waals surface area (Å²) in [7, 11) is 0. The number of benzene rings is 2. The Kier molecular flexibility index (Phi) is 4.79. The van der Waals surface area contributed by atoms with Crippen molar-refractivity contribution < 1.29 is 0 Å². The minimum Gasteiger partial charge on any atom is -0.384 e. The van der Waals surface area contributed by atoms with Crippen LogP contribution in [0.25, 0.3) is 10.9 Å². The van der Waals surface area contributed by atoms with Crippen LogP contribution in [0.15, 0.2) is 67.1 Å². The third kappa shape index (κ3) is 3.80. The van der Waals surface area contributed by atoms with E-state index in [2.05, 4.69) is 77.0 Å². The normalized spacial score (nSPS) is 10.9. The highest BCUT2D eigenvalue weighted by atomic mass is 14.9. The summed E-state index contributed by atoms with van der Waals surface area (Å²) in [5, 5.41) is 8.37. The van der Waals surface area contributed by atoms with Crippen LogP contribution < -0.4 is 10.6 Å². The van der Waals surface area contributed by atoms with Crippen molar-refractivity contribution in [2.75, 3.05) is 17.2 Å². The van der Waals surface area contributed by atoms with Gasteiger partial charge in [-0.2, -0.15) is 0 Å². The van der Waals surface area contributed by atoms with Crippen LogP contribution >= 0.6 is 0 Å². The number of aromatic nitrogens is 2. The molecule has 4 aromatic rings. The Morgan fingerprint density at radius 3 is 2.44 bits per heavy atom. The van der Waals surface area contributed by atoms with Gasteiger partial charge in [0, 0.05) is 53.1 Å². The van der Waals surface area contributed by atoms with Crippen LogP contribution in [-0.2, 0) is 6.42 Å². The van der Waals surface area contributed by atoms with E-state index in [1.165, 1.54) is 33.3 Å². The van der Waals surface area contributed by atoms with Gasteiger partial charge < -0.3 is 15.6 Å². The maximum absolute atomic E-state index is 4.06. The molecule has 0 fully saturated rings. The lowest BCUT2D eigenvalue weighted by Gasteiger charge is -2.16. The summed E-state index contributed by atoms with van der Waals surface area (Å²) in [6.45, 7) is 5.21. The Bertz CT molecular complexity index is 1030. The zero-order chi connectivity index (χ0) is 18.6. The van der Waals surface area contributed by atoms with Gasteiger partial charge in [-0.3, -0.25) is 4.98 Å². The second-order valence-corrected chi connectivity index (χ2v) is 6.88. The van der Waals surface area contributed by atoms with Gasteiger partial charge >= 0.3 is 0 Å². The standard InChI is InChI=1S/C23H24N4/c1-16-13-20(27-19-8-10-24-11-9-19)14-17(2)23(16)25-12-7-18-15-26-22-6-4-3-5-21(18)22/h3-6,8-11,13-15,25-26H,7,12H2,1-2H3,(H,24,27). The molecule has 0 aliphatic carbocycles. The number of rotatable bonds is 6. The fourth-order valence-corrected chi connectivity index (χ4v) is 3.58. The average Bonchev–Trinajstić information content (AvgIpc) is 3.08. The van der Waals surface area contributed by atoms with E-state index in [0.717, 1.165) is 24.3 Å². The highest BCUT2D eigenvalue weighted by Gasteiger charge is 2.07. The SMILES string of the molecule is Cc1cc(Nc2ccncc2)cc(C)c1NCCc1c[nH]c2ccccc12. The molecule has 0 aliphatic heterocycles. The number of hydrogen-bond acceptors (Lipinski definition) is 3. The number of nitrogens with zero attached hydrogens (tertiary/aromatic N) is 1. The topological polar surface area (TPSA) is 52.7 Å². The predicted molar refractivity (Wildman–Crippen MR) is 114 cm³/mol. The molecule has 2 aromatic carbocycles. The van der Waals surface area contributed by atoms with Crippen LogP contribution in [0.3, 0.4) is 0 Å². The lowest BCUT2D eigenvalue weighted by atomic mass is 10.1. The Balaban J connectivity index is 1.44. The summed E-state index contributed by atoms with van der Waals surface area (Å²) >= 11 is 0. The van der Waals surface area contributed by atoms with Crippen LogP contribution in [0.2, 0.25) is 0 Å². The summed E-state index contributed by atoms with van der Waals surface area (Å²) in [6.07, 6.45) is 6.69. The van der Waals surface area contributed by atoms with Gasteiger partial charge in [-0.25, -0.2) is 0 Å². The lowest BCUT2D eigenvalue weighted by Crippen LogP contribution is -2.07. The number of para-hydroxylation sites is 1. The maximum Gasteiger partial charge on any atom is 0.0456 e. The number of anilines is 3. The first-order chi connectivity index (χ1) is 13.2. The molecular formula is C23H24N4. The highest BCUT2D eigenvalue weighted by molar-refractivity contribution is 5.83. The van der Waals surface area contributed by atoms with E-state index in [9.17, 15) is 0 Å². The lowest BCUT2D eigenvalue weighted by molar-refractivity contribution is 1.02. The second-order valence-electron chi connectivity index (χ2n) is 6.88. The van der Waals surface area contributed by atoms with E-state index in [0.29, 0.717) is 0 Å². The van der Waals surface area contributed by atoms with Crippen LogP contribution in [0.4, 0.5) is 17.1 Å². The monoisotopic (exact) mass is 356 g/mol. The first kappa shape index (κ1) is 17.2. The Labute approximate surface area is 159 Å². The average molecular weight is 356 g/mol. The zero-order valence-corrected chi connectivity index (χ0v) is 15.7. The highest BCUT2D eigenvalue weighted by Crippen LogP contribution is 2.27. The third-order valence-electron chi connectivity index (χ3n) is 4.87. The number of aromatic amines is 1. The Morgan fingerprint density at radius 2 is 1.67 bits per heavy atom. The number of hydrogen-bond donors (Lipinski definition) is 3. The van der Waals surface area contributed by atoms with Crippen LogP contribution in [0.5, 0.6) is 0 Å². The Hall–Kier alpha value is -3.27. The summed E-state index contributed by atoms with van der Waals surface area (Å²) in [4.78, 5) is 7.41. The van der Waals surface area contributed by atoms with E-state index >= 15 is 0 Å². The van der Waals surface area contributed by atoms with Crippen LogP contribution in [0, 0.1) is 13.8 Å². The minimum atomic E-state index is 0.903. The molecule has 0 saturated carbocycles. The van der Waals surface area contributed by atoms with Gasteiger partial charge in [0.15, 0.2) is 0 Å². The minimum absolute atomic E-state index is 0.903. The quantitative estimate of drug-likeness (QED) is 0.423. The molecule has 4 rings (SSSR count). The summed E-state index contributed by atoms with van der Waals surface area (Å²) in [6, 6.07) is 16.8. The zero-order valence-electron chi connectivity index (χ0n) is 15.7. The number of nitrogens with one attached hydrogen (secondary N) is 3. The molecule has 2 aromatic heterocycles. The number of H-pyrrole nitrogens is 1. The molecule has 4 nitrogen and oxygen atoms in total. The summed E-state index contributed by atoms with van der Waals surface area (Å²) < 4.78 is 0. The summed E-state index contributed by atoms with van der Waals surface area (Å²) in [5.74, 6) is 0. The molecule has 0 saturated heterocycles. The molecule has 3 N–H and O–H groups in total. The van der Waals surface area contributed by atoms with Gasteiger partial charge in [-0.1, -0.05) is 18.2 Å². The molecule has 4 heteroatoms. The molecule has 0 bridgehead atoms. The molecule has 0 unspecified atom stereocenters. The fourth-order valence-electron chi connectivity index (χ4n) is 3.58. The second kappa shape index (κ2) is 7.54. The van der Waals surface area contributed by atoms with Crippen molar-refractivity contribution >= 4 is 28.0 Å². The van der Waals surface area contributed by atoms with Crippen molar-refractivity contribution in [3.63, 3.8) is 0 Å². The van der Waals surface area contributed by atoms with Gasteiger partial charge in [0.25, 0.3) is 0 Å². The molecule has 136 valence electrons. The number of fused-ring (bicyclic) bond motifs is 1. The first-order valence-corrected chi connectivity index (χ1v) is 9.28. The van der Waals surface area contributed by atoms with E-state index in [1.807, 2.05) is 12.1 Å². The smallest absolute Gasteiger partial charge is 0.0456 e. The molecular weight excluding hydrogens is 332 g/mol. The van der Waals surface area contributed by atoms with Crippen molar-refractivity contribution in [2.24, 2.45) is 0 Å². The van der Waals surface area contributed by atoms with Gasteiger partial charge in [0.05, 0.1) is 0 Å². The number of aryl methyl sites for hydroxylation is 2. The van der Waals surface area contributed by atoms with Crippen LogP contribution in [0.1, 0.15) is 16.7 Å². The third-order valence-corrected chi connectivity index (χ3v) is 4.87. The maximum atomic E-state index is 4.06. The van der Waals surface area contributed by atoms with E-state index < -0.39 is 0 Å². The van der Waals surface area contributed by atoms with Crippen molar-refractivity contribution in [3.8, 4) is 0 Å². The van der Waals surface area contributed by atoms with Gasteiger partial charge in [0.1, 0.15) is 0 Å². The Morgan fingerprint density at radius 1 is 0.926 bits per heavy atom. The summed E-state index contributed by atoms with van der Waals surface area (Å²) in [5.41, 5.74) is 8.39. The molecule has 2 heterocycles. The predicted octanol–water partition coefficient (Wildman–Crippen LogP) is 5.58. The molecule has 0 spiro atoms. The van der Waals surface area contributed by atoms with Gasteiger partial charge in [-0.15, -0.1) is 0 Å². The van der Waals surface area contributed by atoms with Crippen molar-refractivity contribution in [2.45, 2.75) is 20.3 Å².